The summed E-state index contributed by atoms with van der Waals surface area (Å²) in [6.45, 7) is 4.69. The zero-order chi connectivity index (χ0) is 19.3. The second kappa shape index (κ2) is 6.35. The van der Waals surface area contributed by atoms with Crippen LogP contribution in [-0.2, 0) is 20.6 Å². The number of nitrogens with zero attached hydrogens (tertiary/aromatic N) is 5. The van der Waals surface area contributed by atoms with Crippen LogP contribution in [0.15, 0.2) is 30.3 Å². The lowest BCUT2D eigenvalue weighted by Gasteiger charge is -2.32. The van der Waals surface area contributed by atoms with Crippen molar-refractivity contribution >= 4 is 5.91 Å². The van der Waals surface area contributed by atoms with Gasteiger partial charge in [0.25, 0.3) is 5.91 Å². The molecule has 1 N–H and O–H groups in total. The molecule has 4 rings (SSSR count). The van der Waals surface area contributed by atoms with E-state index in [2.05, 4.69) is 10.2 Å². The average molecular weight is 365 g/mol. The van der Waals surface area contributed by atoms with Crippen LogP contribution in [0, 0.1) is 13.8 Å². The van der Waals surface area contributed by atoms with Crippen LogP contribution in [0.5, 0.6) is 0 Å². The summed E-state index contributed by atoms with van der Waals surface area (Å²) in [5.74, 6) is -0.135. The summed E-state index contributed by atoms with van der Waals surface area (Å²) in [7, 11) is 3.67. The standard InChI is InChI=1S/C20H23N5O2/c1-12-19(13(2)23(3)21-12)16-9-17(24(4)22-16)20(27)25-10-14-7-5-6-8-15(14)18(26)11-25/h5-9,18,26H,10-11H2,1-4H3/t18-/m0/s1. The van der Waals surface area contributed by atoms with Crippen molar-refractivity contribution in [1.29, 1.82) is 0 Å². The molecule has 140 valence electrons. The summed E-state index contributed by atoms with van der Waals surface area (Å²) >= 11 is 0. The van der Waals surface area contributed by atoms with Crippen LogP contribution < -0.4 is 0 Å². The molecule has 0 radical (unpaired) electrons. The van der Waals surface area contributed by atoms with Gasteiger partial charge in [0, 0.05) is 31.9 Å². The maximum Gasteiger partial charge on any atom is 0.272 e. The maximum atomic E-state index is 13.1. The van der Waals surface area contributed by atoms with Gasteiger partial charge in [-0.15, -0.1) is 0 Å². The Bertz CT molecular complexity index is 1030. The average Bonchev–Trinajstić information content (AvgIpc) is 3.13. The number of hydrogen-bond donors (Lipinski definition) is 1. The van der Waals surface area contributed by atoms with E-state index in [1.807, 2.05) is 55.9 Å². The highest BCUT2D eigenvalue weighted by atomic mass is 16.3. The Morgan fingerprint density at radius 2 is 1.89 bits per heavy atom. The Kier molecular flexibility index (Phi) is 4.11. The van der Waals surface area contributed by atoms with E-state index in [4.69, 9.17) is 0 Å². The van der Waals surface area contributed by atoms with Crippen LogP contribution in [0.1, 0.15) is 39.1 Å². The topological polar surface area (TPSA) is 76.2 Å². The normalized spacial score (nSPS) is 16.5. The highest BCUT2D eigenvalue weighted by molar-refractivity contribution is 5.94. The number of fused-ring (bicyclic) bond motifs is 1. The summed E-state index contributed by atoms with van der Waals surface area (Å²) in [6.07, 6.45) is -0.672. The van der Waals surface area contributed by atoms with E-state index in [9.17, 15) is 9.90 Å². The van der Waals surface area contributed by atoms with Gasteiger partial charge in [0.1, 0.15) is 5.69 Å². The molecular formula is C20H23N5O2. The minimum atomic E-state index is -0.672. The molecule has 2 aromatic heterocycles. The van der Waals surface area contributed by atoms with E-state index < -0.39 is 6.10 Å². The fourth-order valence-electron chi connectivity index (χ4n) is 3.83. The Hall–Kier alpha value is -2.93. The van der Waals surface area contributed by atoms with E-state index in [0.717, 1.165) is 33.8 Å². The lowest BCUT2D eigenvalue weighted by atomic mass is 9.97. The van der Waals surface area contributed by atoms with Crippen molar-refractivity contribution in [3.05, 3.63) is 58.5 Å². The molecule has 1 aliphatic rings. The van der Waals surface area contributed by atoms with Gasteiger partial charge < -0.3 is 10.0 Å². The summed E-state index contributed by atoms with van der Waals surface area (Å²) in [4.78, 5) is 14.8. The highest BCUT2D eigenvalue weighted by Gasteiger charge is 2.29. The number of amides is 1. The van der Waals surface area contributed by atoms with Crippen LogP contribution >= 0.6 is 0 Å². The van der Waals surface area contributed by atoms with Crippen molar-refractivity contribution in [2.45, 2.75) is 26.5 Å². The van der Waals surface area contributed by atoms with Crippen LogP contribution in [0.3, 0.4) is 0 Å². The van der Waals surface area contributed by atoms with Crippen LogP contribution in [0.25, 0.3) is 11.3 Å². The van der Waals surface area contributed by atoms with E-state index >= 15 is 0 Å². The number of carbonyl (C=O) groups is 1. The molecule has 1 amide bonds. The van der Waals surface area contributed by atoms with Crippen molar-refractivity contribution in [3.8, 4) is 11.3 Å². The van der Waals surface area contributed by atoms with Crippen molar-refractivity contribution < 1.29 is 9.90 Å². The Labute approximate surface area is 157 Å². The first-order chi connectivity index (χ1) is 12.9. The molecular weight excluding hydrogens is 342 g/mol. The molecule has 7 heteroatoms. The summed E-state index contributed by atoms with van der Waals surface area (Å²) in [5, 5.41) is 19.4. The molecule has 0 spiro atoms. The minimum Gasteiger partial charge on any atom is -0.387 e. The molecule has 0 unspecified atom stereocenters. The number of aryl methyl sites for hydroxylation is 3. The number of benzene rings is 1. The van der Waals surface area contributed by atoms with Crippen molar-refractivity contribution in [2.75, 3.05) is 6.54 Å². The number of β-amino-alcohol motifs (C(OH)–C–C–N with tert-alkyl or cyclic N) is 1. The minimum absolute atomic E-state index is 0.135. The van der Waals surface area contributed by atoms with Gasteiger partial charge in [-0.2, -0.15) is 10.2 Å². The molecule has 0 bridgehead atoms. The van der Waals surface area contributed by atoms with Crippen LogP contribution in [-0.4, -0.2) is 42.0 Å². The second-order valence-corrected chi connectivity index (χ2v) is 7.11. The van der Waals surface area contributed by atoms with Crippen molar-refractivity contribution in [3.63, 3.8) is 0 Å². The third-order valence-electron chi connectivity index (χ3n) is 5.32. The number of carbonyl (C=O) groups excluding carboxylic acids is 1. The van der Waals surface area contributed by atoms with Gasteiger partial charge in [-0.3, -0.25) is 14.2 Å². The predicted molar refractivity (Wildman–Crippen MR) is 101 cm³/mol. The molecule has 1 atom stereocenters. The SMILES string of the molecule is Cc1nn(C)c(C)c1-c1cc(C(=O)N2Cc3ccccc3[C@@H](O)C2)n(C)n1. The van der Waals surface area contributed by atoms with E-state index in [-0.39, 0.29) is 12.5 Å². The fraction of sp³-hybridized carbons (Fsp3) is 0.350. The monoisotopic (exact) mass is 365 g/mol. The number of aromatic nitrogens is 4. The molecule has 0 saturated carbocycles. The lowest BCUT2D eigenvalue weighted by molar-refractivity contribution is 0.0540. The van der Waals surface area contributed by atoms with Crippen LogP contribution in [0.2, 0.25) is 0 Å². The summed E-state index contributed by atoms with van der Waals surface area (Å²) < 4.78 is 3.43. The number of aliphatic hydroxyl groups is 1. The van der Waals surface area contributed by atoms with Gasteiger partial charge in [0.05, 0.1) is 24.0 Å². The molecule has 1 aromatic carbocycles. The third-order valence-corrected chi connectivity index (χ3v) is 5.32. The number of hydrogen-bond acceptors (Lipinski definition) is 4. The Balaban J connectivity index is 1.67. The largest absolute Gasteiger partial charge is 0.387 e. The summed E-state index contributed by atoms with van der Waals surface area (Å²) in [6, 6.07) is 9.51. The zero-order valence-electron chi connectivity index (χ0n) is 16.0. The van der Waals surface area contributed by atoms with Gasteiger partial charge in [-0.25, -0.2) is 0 Å². The quantitative estimate of drug-likeness (QED) is 0.755. The first-order valence-corrected chi connectivity index (χ1v) is 8.96. The van der Waals surface area contributed by atoms with Crippen LogP contribution in [0.4, 0.5) is 0 Å². The number of rotatable bonds is 2. The van der Waals surface area contributed by atoms with Crippen molar-refractivity contribution in [1.82, 2.24) is 24.5 Å². The number of aliphatic hydroxyl groups excluding tert-OH is 1. The first kappa shape index (κ1) is 17.5. The molecule has 3 heterocycles. The Morgan fingerprint density at radius 3 is 2.59 bits per heavy atom. The third kappa shape index (κ3) is 2.84. The molecule has 27 heavy (non-hydrogen) atoms. The zero-order valence-corrected chi connectivity index (χ0v) is 16.0. The Morgan fingerprint density at radius 1 is 1.15 bits per heavy atom. The first-order valence-electron chi connectivity index (χ1n) is 8.96. The van der Waals surface area contributed by atoms with Gasteiger partial charge in [-0.1, -0.05) is 24.3 Å². The molecule has 7 nitrogen and oxygen atoms in total. The molecule has 3 aromatic rings. The van der Waals surface area contributed by atoms with Crippen molar-refractivity contribution in [2.24, 2.45) is 14.1 Å². The van der Waals surface area contributed by atoms with Gasteiger partial charge in [0.15, 0.2) is 0 Å². The second-order valence-electron chi connectivity index (χ2n) is 7.11. The molecule has 0 aliphatic carbocycles. The lowest BCUT2D eigenvalue weighted by Crippen LogP contribution is -2.39. The van der Waals surface area contributed by atoms with Gasteiger partial charge >= 0.3 is 0 Å². The highest BCUT2D eigenvalue weighted by Crippen LogP contribution is 2.29. The smallest absolute Gasteiger partial charge is 0.272 e. The summed E-state index contributed by atoms with van der Waals surface area (Å²) in [5.41, 5.74) is 5.96. The predicted octanol–water partition coefficient (Wildman–Crippen LogP) is 2.13. The van der Waals surface area contributed by atoms with Gasteiger partial charge in [0.2, 0.25) is 0 Å². The fourth-order valence-corrected chi connectivity index (χ4v) is 3.83. The molecule has 0 saturated heterocycles. The molecule has 1 aliphatic heterocycles. The van der Waals surface area contributed by atoms with E-state index in [1.165, 1.54) is 0 Å². The van der Waals surface area contributed by atoms with Gasteiger partial charge in [-0.05, 0) is 31.0 Å². The molecule has 0 fully saturated rings. The van der Waals surface area contributed by atoms with E-state index in [1.54, 1.807) is 16.6 Å². The van der Waals surface area contributed by atoms with E-state index in [0.29, 0.717) is 12.2 Å². The maximum absolute atomic E-state index is 13.1.